The van der Waals surface area contributed by atoms with Crippen molar-refractivity contribution in [1.29, 1.82) is 0 Å². The molecule has 1 rings (SSSR count). The zero-order chi connectivity index (χ0) is 12.7. The molecule has 4 nitrogen and oxygen atoms in total. The van der Waals surface area contributed by atoms with Crippen molar-refractivity contribution in [3.8, 4) is 0 Å². The van der Waals surface area contributed by atoms with Crippen LogP contribution in [0.3, 0.4) is 0 Å². The number of hydrogen-bond donors (Lipinski definition) is 2. The monoisotopic (exact) mass is 240 g/mol. The molecule has 0 aromatic rings. The van der Waals surface area contributed by atoms with Crippen molar-refractivity contribution in [2.24, 2.45) is 0 Å². The van der Waals surface area contributed by atoms with Crippen LogP contribution < -0.4 is 5.32 Å². The molecule has 1 heterocycles. The van der Waals surface area contributed by atoms with E-state index in [1.807, 2.05) is 6.92 Å². The molecule has 0 spiro atoms. The van der Waals surface area contributed by atoms with E-state index in [0.29, 0.717) is 12.6 Å². The van der Waals surface area contributed by atoms with Gasteiger partial charge in [0.25, 0.3) is 0 Å². The predicted octanol–water partition coefficient (Wildman–Crippen LogP) is 1.48. The molecule has 1 unspecified atom stereocenters. The van der Waals surface area contributed by atoms with Gasteiger partial charge in [-0.15, -0.1) is 0 Å². The molecule has 1 fully saturated rings. The van der Waals surface area contributed by atoms with Crippen LogP contribution in [0.25, 0.3) is 0 Å². The van der Waals surface area contributed by atoms with Crippen LogP contribution in [0.2, 0.25) is 0 Å². The SMILES string of the molecule is CC(=CC(=O)O)CNC(C)CN1CCCCC1. The van der Waals surface area contributed by atoms with Crippen LogP contribution in [-0.4, -0.2) is 48.2 Å². The molecule has 1 aliphatic heterocycles. The number of carbonyl (C=O) groups is 1. The zero-order valence-electron chi connectivity index (χ0n) is 10.9. The van der Waals surface area contributed by atoms with Gasteiger partial charge in [-0.05, 0) is 39.8 Å². The fourth-order valence-electron chi connectivity index (χ4n) is 2.19. The standard InChI is InChI=1S/C13H24N2O2/c1-11(8-13(16)17)9-14-12(2)10-15-6-4-3-5-7-15/h8,12,14H,3-7,9-10H2,1-2H3,(H,16,17). The Morgan fingerprint density at radius 3 is 2.65 bits per heavy atom. The molecule has 0 aromatic heterocycles. The molecular formula is C13H24N2O2. The van der Waals surface area contributed by atoms with E-state index in [-0.39, 0.29) is 0 Å². The van der Waals surface area contributed by atoms with Gasteiger partial charge < -0.3 is 15.3 Å². The van der Waals surface area contributed by atoms with E-state index >= 15 is 0 Å². The first-order valence-corrected chi connectivity index (χ1v) is 6.44. The number of piperidine rings is 1. The Kier molecular flexibility index (Phi) is 6.22. The molecule has 0 saturated carbocycles. The average Bonchev–Trinajstić information content (AvgIpc) is 2.27. The van der Waals surface area contributed by atoms with Gasteiger partial charge in [-0.3, -0.25) is 0 Å². The summed E-state index contributed by atoms with van der Waals surface area (Å²) in [5, 5.41) is 12.0. The third kappa shape index (κ3) is 6.44. The van der Waals surface area contributed by atoms with E-state index in [9.17, 15) is 4.79 Å². The first kappa shape index (κ1) is 14.2. The summed E-state index contributed by atoms with van der Waals surface area (Å²) in [6, 6.07) is 0.408. The minimum atomic E-state index is -0.868. The van der Waals surface area contributed by atoms with E-state index in [2.05, 4.69) is 17.1 Å². The van der Waals surface area contributed by atoms with Gasteiger partial charge in [0.1, 0.15) is 0 Å². The Bertz CT molecular complexity index is 271. The van der Waals surface area contributed by atoms with Crippen LogP contribution in [0.1, 0.15) is 33.1 Å². The maximum Gasteiger partial charge on any atom is 0.328 e. The van der Waals surface area contributed by atoms with Crippen molar-refractivity contribution in [3.63, 3.8) is 0 Å². The molecular weight excluding hydrogens is 216 g/mol. The lowest BCUT2D eigenvalue weighted by Gasteiger charge is -2.29. The summed E-state index contributed by atoms with van der Waals surface area (Å²) in [5.74, 6) is -0.868. The Hall–Kier alpha value is -0.870. The maximum absolute atomic E-state index is 10.5. The van der Waals surface area contributed by atoms with Crippen LogP contribution in [0.15, 0.2) is 11.6 Å². The molecule has 17 heavy (non-hydrogen) atoms. The maximum atomic E-state index is 10.5. The van der Waals surface area contributed by atoms with Gasteiger partial charge in [0.2, 0.25) is 0 Å². The van der Waals surface area contributed by atoms with Gasteiger partial charge in [0.15, 0.2) is 0 Å². The van der Waals surface area contributed by atoms with Gasteiger partial charge in [0.05, 0.1) is 0 Å². The van der Waals surface area contributed by atoms with Crippen molar-refractivity contribution in [2.75, 3.05) is 26.2 Å². The lowest BCUT2D eigenvalue weighted by molar-refractivity contribution is -0.131. The van der Waals surface area contributed by atoms with Crippen LogP contribution in [0.5, 0.6) is 0 Å². The van der Waals surface area contributed by atoms with E-state index in [4.69, 9.17) is 5.11 Å². The van der Waals surface area contributed by atoms with Gasteiger partial charge in [-0.2, -0.15) is 0 Å². The van der Waals surface area contributed by atoms with E-state index < -0.39 is 5.97 Å². The second-order valence-electron chi connectivity index (χ2n) is 4.97. The fraction of sp³-hybridized carbons (Fsp3) is 0.769. The van der Waals surface area contributed by atoms with Crippen molar-refractivity contribution in [3.05, 3.63) is 11.6 Å². The summed E-state index contributed by atoms with van der Waals surface area (Å²) < 4.78 is 0. The number of aliphatic carboxylic acids is 1. The number of nitrogens with zero attached hydrogens (tertiary/aromatic N) is 1. The first-order valence-electron chi connectivity index (χ1n) is 6.44. The van der Waals surface area contributed by atoms with Crippen molar-refractivity contribution in [2.45, 2.75) is 39.2 Å². The van der Waals surface area contributed by atoms with Gasteiger partial charge in [0, 0.05) is 25.2 Å². The molecule has 0 aliphatic carbocycles. The van der Waals surface area contributed by atoms with Gasteiger partial charge in [-0.1, -0.05) is 12.0 Å². The summed E-state index contributed by atoms with van der Waals surface area (Å²) in [6.07, 6.45) is 5.24. The largest absolute Gasteiger partial charge is 0.478 e. The molecule has 1 aliphatic rings. The highest BCUT2D eigenvalue weighted by Crippen LogP contribution is 2.08. The number of rotatable bonds is 6. The molecule has 2 N–H and O–H groups in total. The highest BCUT2D eigenvalue weighted by Gasteiger charge is 2.12. The third-order valence-corrected chi connectivity index (χ3v) is 3.08. The Morgan fingerprint density at radius 1 is 1.41 bits per heavy atom. The summed E-state index contributed by atoms with van der Waals surface area (Å²) in [6.45, 7) is 8.12. The highest BCUT2D eigenvalue weighted by molar-refractivity contribution is 5.80. The third-order valence-electron chi connectivity index (χ3n) is 3.08. The van der Waals surface area contributed by atoms with Gasteiger partial charge in [-0.25, -0.2) is 4.79 Å². The van der Waals surface area contributed by atoms with Crippen LogP contribution in [-0.2, 0) is 4.79 Å². The fourth-order valence-corrected chi connectivity index (χ4v) is 2.19. The Labute approximate surface area is 104 Å². The zero-order valence-corrected chi connectivity index (χ0v) is 10.9. The lowest BCUT2D eigenvalue weighted by Crippen LogP contribution is -2.41. The first-order chi connectivity index (χ1) is 8.08. The number of likely N-dealkylation sites (tertiary alicyclic amines) is 1. The summed E-state index contributed by atoms with van der Waals surface area (Å²) in [7, 11) is 0. The minimum absolute atomic E-state index is 0.408. The van der Waals surface area contributed by atoms with Crippen LogP contribution >= 0.6 is 0 Å². The molecule has 0 bridgehead atoms. The number of nitrogens with one attached hydrogen (secondary N) is 1. The van der Waals surface area contributed by atoms with E-state index in [0.717, 1.165) is 12.1 Å². The van der Waals surface area contributed by atoms with Crippen molar-refractivity contribution in [1.82, 2.24) is 10.2 Å². The van der Waals surface area contributed by atoms with E-state index in [1.165, 1.54) is 38.4 Å². The quantitative estimate of drug-likeness (QED) is 0.691. The molecule has 4 heteroatoms. The predicted molar refractivity (Wildman–Crippen MR) is 69.1 cm³/mol. The number of carboxylic acids is 1. The van der Waals surface area contributed by atoms with Crippen molar-refractivity contribution < 1.29 is 9.90 Å². The van der Waals surface area contributed by atoms with Crippen LogP contribution in [0.4, 0.5) is 0 Å². The minimum Gasteiger partial charge on any atom is -0.478 e. The average molecular weight is 240 g/mol. The molecule has 1 saturated heterocycles. The second-order valence-corrected chi connectivity index (χ2v) is 4.97. The Morgan fingerprint density at radius 2 is 2.06 bits per heavy atom. The summed E-state index contributed by atoms with van der Waals surface area (Å²) >= 11 is 0. The van der Waals surface area contributed by atoms with Gasteiger partial charge >= 0.3 is 5.97 Å². The smallest absolute Gasteiger partial charge is 0.328 e. The molecule has 0 aromatic carbocycles. The topological polar surface area (TPSA) is 52.6 Å². The molecule has 0 amide bonds. The second kappa shape index (κ2) is 7.45. The lowest BCUT2D eigenvalue weighted by atomic mass is 10.1. The molecule has 98 valence electrons. The molecule has 0 radical (unpaired) electrons. The number of hydrogen-bond acceptors (Lipinski definition) is 3. The number of carboxylic acid groups (broad SMARTS) is 1. The summed E-state index contributed by atoms with van der Waals surface area (Å²) in [5.41, 5.74) is 0.864. The Balaban J connectivity index is 2.20. The van der Waals surface area contributed by atoms with Crippen molar-refractivity contribution >= 4 is 5.97 Å². The normalized spacial score (nSPS) is 20.2. The highest BCUT2D eigenvalue weighted by atomic mass is 16.4. The molecule has 1 atom stereocenters. The summed E-state index contributed by atoms with van der Waals surface area (Å²) in [4.78, 5) is 12.9. The van der Waals surface area contributed by atoms with Crippen LogP contribution in [0, 0.1) is 0 Å². The van der Waals surface area contributed by atoms with E-state index in [1.54, 1.807) is 0 Å².